The number of rotatable bonds is 5. The minimum absolute atomic E-state index is 0.218. The summed E-state index contributed by atoms with van der Waals surface area (Å²) in [6.45, 7) is 4.53. The number of carboxylic acids is 1. The number of aromatic nitrogens is 1. The number of nitrogens with zero attached hydrogens (tertiary/aromatic N) is 1. The molecule has 0 radical (unpaired) electrons. The summed E-state index contributed by atoms with van der Waals surface area (Å²) in [4.78, 5) is 40.1. The summed E-state index contributed by atoms with van der Waals surface area (Å²) in [5, 5.41) is 10.2. The van der Waals surface area contributed by atoms with Crippen LogP contribution in [0.4, 0.5) is 4.39 Å². The number of hydrogen-bond donors (Lipinski definition) is 2. The van der Waals surface area contributed by atoms with Crippen molar-refractivity contribution in [2.45, 2.75) is 26.7 Å². The number of fused-ring (bicyclic) bond motifs is 1. The predicted octanol–water partition coefficient (Wildman–Crippen LogP) is 4.72. The van der Waals surface area contributed by atoms with Gasteiger partial charge in [0.15, 0.2) is 6.61 Å². The van der Waals surface area contributed by atoms with Gasteiger partial charge in [-0.3, -0.25) is 14.4 Å². The average molecular weight is 489 g/mol. The van der Waals surface area contributed by atoms with Gasteiger partial charge in [-0.25, -0.2) is 4.39 Å². The Kier molecular flexibility index (Phi) is 8.28. The Morgan fingerprint density at radius 1 is 1.12 bits per heavy atom. The number of carboxylic acid groups (broad SMARTS) is 1. The number of nitrogens with one attached hydrogen (secondary N) is 1. The lowest BCUT2D eigenvalue weighted by Gasteiger charge is -2.30. The lowest BCUT2D eigenvalue weighted by molar-refractivity contribution is -0.146. The summed E-state index contributed by atoms with van der Waals surface area (Å²) in [7, 11) is 0. The molecular formula is C25H26ClFN2O5. The number of halogens is 2. The predicted molar refractivity (Wildman–Crippen MR) is 129 cm³/mol. The van der Waals surface area contributed by atoms with Gasteiger partial charge in [-0.2, -0.15) is 0 Å². The zero-order chi connectivity index (χ0) is 24.8. The van der Waals surface area contributed by atoms with Crippen molar-refractivity contribution in [3.8, 4) is 16.9 Å². The summed E-state index contributed by atoms with van der Waals surface area (Å²) in [6, 6.07) is 8.92. The molecule has 2 N–H and O–H groups in total. The number of H-pyrrole nitrogens is 1. The number of pyridine rings is 1. The fourth-order valence-electron chi connectivity index (χ4n) is 3.87. The van der Waals surface area contributed by atoms with Crippen molar-refractivity contribution in [1.29, 1.82) is 0 Å². The molecule has 1 aliphatic heterocycles. The lowest BCUT2D eigenvalue weighted by atomic mass is 9.97. The fraction of sp³-hybridized carbons (Fsp3) is 0.320. The van der Waals surface area contributed by atoms with Crippen molar-refractivity contribution in [3.63, 3.8) is 0 Å². The van der Waals surface area contributed by atoms with Crippen molar-refractivity contribution < 1.29 is 23.8 Å². The Bertz CT molecular complexity index is 1250. The quantitative estimate of drug-likeness (QED) is 0.541. The molecule has 1 amide bonds. The fourth-order valence-corrected chi connectivity index (χ4v) is 4.14. The summed E-state index contributed by atoms with van der Waals surface area (Å²) in [6.07, 6.45) is 2.36. The summed E-state index contributed by atoms with van der Waals surface area (Å²) < 4.78 is 19.0. The number of carbonyl (C=O) groups is 2. The van der Waals surface area contributed by atoms with Gasteiger partial charge in [0.1, 0.15) is 11.6 Å². The number of piperidine rings is 1. The van der Waals surface area contributed by atoms with Gasteiger partial charge >= 0.3 is 5.97 Å². The van der Waals surface area contributed by atoms with E-state index in [-0.39, 0.29) is 23.1 Å². The highest BCUT2D eigenvalue weighted by Crippen LogP contribution is 2.33. The molecule has 7 nitrogen and oxygen atoms in total. The molecule has 34 heavy (non-hydrogen) atoms. The number of ether oxygens (including phenoxy) is 1. The molecule has 0 saturated carbocycles. The van der Waals surface area contributed by atoms with E-state index in [9.17, 15) is 18.8 Å². The number of amides is 1. The van der Waals surface area contributed by atoms with E-state index < -0.39 is 17.7 Å². The second kappa shape index (κ2) is 11.2. The molecule has 180 valence electrons. The Labute approximate surface area is 201 Å². The van der Waals surface area contributed by atoms with Crippen molar-refractivity contribution >= 4 is 34.2 Å². The van der Waals surface area contributed by atoms with Crippen LogP contribution in [0.1, 0.15) is 26.7 Å². The monoisotopic (exact) mass is 488 g/mol. The Hall–Kier alpha value is -3.39. The van der Waals surface area contributed by atoms with E-state index in [1.54, 1.807) is 29.2 Å². The number of benzene rings is 2. The van der Waals surface area contributed by atoms with Crippen molar-refractivity contribution in [2.24, 2.45) is 5.92 Å². The van der Waals surface area contributed by atoms with Gasteiger partial charge in [-0.15, -0.1) is 0 Å². The lowest BCUT2D eigenvalue weighted by Crippen LogP contribution is -2.42. The van der Waals surface area contributed by atoms with Crippen LogP contribution in [0.25, 0.3) is 21.9 Å². The maximum atomic E-state index is 13.4. The first kappa shape index (κ1) is 25.2. The second-order valence-electron chi connectivity index (χ2n) is 7.65. The number of aliphatic carboxylic acids is 1. The second-order valence-corrected chi connectivity index (χ2v) is 8.05. The van der Waals surface area contributed by atoms with Gasteiger partial charge in [-0.05, 0) is 54.6 Å². The molecule has 0 spiro atoms. The summed E-state index contributed by atoms with van der Waals surface area (Å²) in [5.41, 5.74) is 0.867. The van der Waals surface area contributed by atoms with Gasteiger partial charge < -0.3 is 19.7 Å². The maximum absolute atomic E-state index is 13.4. The number of hydrogen-bond acceptors (Lipinski definition) is 4. The highest BCUT2D eigenvalue weighted by molar-refractivity contribution is 6.33. The van der Waals surface area contributed by atoms with E-state index in [0.717, 1.165) is 0 Å². The summed E-state index contributed by atoms with van der Waals surface area (Å²) in [5.74, 6) is -1.61. The van der Waals surface area contributed by atoms with Crippen LogP contribution >= 0.6 is 11.6 Å². The van der Waals surface area contributed by atoms with Crippen molar-refractivity contribution in [3.05, 3.63) is 63.8 Å². The third-order valence-electron chi connectivity index (χ3n) is 5.65. The molecule has 2 aromatic carbocycles. The Balaban J connectivity index is 0.00000158. The molecule has 1 fully saturated rings. The van der Waals surface area contributed by atoms with Crippen LogP contribution in [0.5, 0.6) is 5.75 Å². The van der Waals surface area contributed by atoms with E-state index in [0.29, 0.717) is 53.6 Å². The standard InChI is InChI=1S/C23H20ClFN2O5.C2H6/c24-20-9-14(25)1-3-17(20)19-11-26-22(29)18-10-15(2-4-16(18)19)32-12-21(28)27-7-5-13(6-8-27)23(30)31;1-2/h1-4,9-11,13H,5-8,12H2,(H,26,29)(H,30,31);1-2H3. The first-order chi connectivity index (χ1) is 16.3. The third-order valence-corrected chi connectivity index (χ3v) is 5.97. The minimum atomic E-state index is -0.837. The van der Waals surface area contributed by atoms with E-state index in [2.05, 4.69) is 4.98 Å². The van der Waals surface area contributed by atoms with Crippen molar-refractivity contribution in [2.75, 3.05) is 19.7 Å². The molecule has 4 rings (SSSR count). The van der Waals surface area contributed by atoms with Gasteiger partial charge in [-0.1, -0.05) is 25.4 Å². The molecule has 0 aliphatic carbocycles. The molecule has 2 heterocycles. The third kappa shape index (κ3) is 5.56. The van der Waals surface area contributed by atoms with Gasteiger partial charge in [0.2, 0.25) is 0 Å². The minimum Gasteiger partial charge on any atom is -0.484 e. The maximum Gasteiger partial charge on any atom is 0.306 e. The van der Waals surface area contributed by atoms with E-state index in [1.165, 1.54) is 18.3 Å². The Morgan fingerprint density at radius 3 is 2.47 bits per heavy atom. The zero-order valence-corrected chi connectivity index (χ0v) is 19.7. The molecule has 9 heteroatoms. The molecule has 1 aromatic heterocycles. The first-order valence-electron chi connectivity index (χ1n) is 11.1. The van der Waals surface area contributed by atoms with Crippen LogP contribution in [0.2, 0.25) is 5.02 Å². The van der Waals surface area contributed by atoms with Crippen LogP contribution in [0.3, 0.4) is 0 Å². The van der Waals surface area contributed by atoms with Gasteiger partial charge in [0.05, 0.1) is 16.3 Å². The van der Waals surface area contributed by atoms with E-state index >= 15 is 0 Å². The molecular weight excluding hydrogens is 463 g/mol. The van der Waals surface area contributed by atoms with Crippen LogP contribution in [0, 0.1) is 11.7 Å². The highest BCUT2D eigenvalue weighted by atomic mass is 35.5. The molecule has 0 atom stereocenters. The van der Waals surface area contributed by atoms with E-state index in [4.69, 9.17) is 21.4 Å². The normalized spacial score (nSPS) is 13.8. The van der Waals surface area contributed by atoms with Crippen molar-refractivity contribution in [1.82, 2.24) is 9.88 Å². The molecule has 0 unspecified atom stereocenters. The largest absolute Gasteiger partial charge is 0.484 e. The highest BCUT2D eigenvalue weighted by Gasteiger charge is 2.27. The van der Waals surface area contributed by atoms with Crippen LogP contribution in [0.15, 0.2) is 47.4 Å². The van der Waals surface area contributed by atoms with E-state index in [1.807, 2.05) is 13.8 Å². The SMILES string of the molecule is CC.O=C(O)C1CCN(C(=O)COc2ccc3c(-c4ccc(F)cc4Cl)c[nH]c(=O)c3c2)CC1. The molecule has 1 aliphatic rings. The van der Waals surface area contributed by atoms with Gasteiger partial charge in [0, 0.05) is 30.4 Å². The summed E-state index contributed by atoms with van der Waals surface area (Å²) >= 11 is 6.19. The van der Waals surface area contributed by atoms with Gasteiger partial charge in [0.25, 0.3) is 11.5 Å². The van der Waals surface area contributed by atoms with Crippen LogP contribution in [-0.2, 0) is 9.59 Å². The smallest absolute Gasteiger partial charge is 0.306 e. The first-order valence-corrected chi connectivity index (χ1v) is 11.5. The van der Waals surface area contributed by atoms with Crippen LogP contribution < -0.4 is 10.3 Å². The molecule has 1 saturated heterocycles. The van der Waals surface area contributed by atoms with Crippen LogP contribution in [-0.4, -0.2) is 46.6 Å². The topological polar surface area (TPSA) is 99.7 Å². The molecule has 3 aromatic rings. The average Bonchev–Trinajstić information content (AvgIpc) is 2.85. The molecule has 0 bridgehead atoms. The number of carbonyl (C=O) groups excluding carboxylic acids is 1. The number of aromatic amines is 1. The zero-order valence-electron chi connectivity index (χ0n) is 18.9. The number of likely N-dealkylation sites (tertiary alicyclic amines) is 1. The Morgan fingerprint density at radius 2 is 1.82 bits per heavy atom.